The van der Waals surface area contributed by atoms with E-state index < -0.39 is 17.3 Å². The van der Waals surface area contributed by atoms with E-state index in [9.17, 15) is 14.0 Å². The molecule has 2 aromatic heterocycles. The standard InChI is InChI=1S/C18H15FN4O2S/c1-23-17(25)15(16(24)22-14-6-4-13(19)5-7-14)10-21-18(23)26-11-12-3-2-8-20-9-12/h2-10H,11H2,1H3,(H,22,24). The molecule has 3 aromatic rings. The summed E-state index contributed by atoms with van der Waals surface area (Å²) in [7, 11) is 1.57. The van der Waals surface area contributed by atoms with Gasteiger partial charge in [-0.25, -0.2) is 9.37 Å². The van der Waals surface area contributed by atoms with Crippen molar-refractivity contribution < 1.29 is 9.18 Å². The van der Waals surface area contributed by atoms with Gasteiger partial charge in [0.25, 0.3) is 11.5 Å². The van der Waals surface area contributed by atoms with E-state index in [-0.39, 0.29) is 5.56 Å². The number of thioether (sulfide) groups is 1. The van der Waals surface area contributed by atoms with Crippen molar-refractivity contribution >= 4 is 23.4 Å². The van der Waals surface area contributed by atoms with Gasteiger partial charge < -0.3 is 5.32 Å². The first kappa shape index (κ1) is 17.8. The van der Waals surface area contributed by atoms with E-state index in [1.807, 2.05) is 12.1 Å². The van der Waals surface area contributed by atoms with Crippen LogP contribution in [0.15, 0.2) is 64.9 Å². The molecule has 132 valence electrons. The van der Waals surface area contributed by atoms with E-state index in [1.165, 1.54) is 46.8 Å². The topological polar surface area (TPSA) is 76.9 Å². The Balaban J connectivity index is 1.75. The summed E-state index contributed by atoms with van der Waals surface area (Å²) >= 11 is 1.38. The van der Waals surface area contributed by atoms with Gasteiger partial charge in [-0.05, 0) is 35.9 Å². The number of nitrogens with one attached hydrogen (secondary N) is 1. The van der Waals surface area contributed by atoms with Crippen LogP contribution in [0.4, 0.5) is 10.1 Å². The first-order chi connectivity index (χ1) is 12.5. The van der Waals surface area contributed by atoms with Crippen LogP contribution in [0.1, 0.15) is 15.9 Å². The van der Waals surface area contributed by atoms with Crippen molar-refractivity contribution in [2.75, 3.05) is 5.32 Å². The number of rotatable bonds is 5. The molecule has 0 bridgehead atoms. The molecule has 0 spiro atoms. The first-order valence-corrected chi connectivity index (χ1v) is 8.68. The molecule has 2 heterocycles. The summed E-state index contributed by atoms with van der Waals surface area (Å²) in [5.74, 6) is -0.390. The second-order valence-corrected chi connectivity index (χ2v) is 6.37. The van der Waals surface area contributed by atoms with Crippen LogP contribution in [-0.2, 0) is 12.8 Å². The molecular weight excluding hydrogens is 355 g/mol. The van der Waals surface area contributed by atoms with Crippen molar-refractivity contribution in [3.63, 3.8) is 0 Å². The van der Waals surface area contributed by atoms with Gasteiger partial charge >= 0.3 is 0 Å². The van der Waals surface area contributed by atoms with E-state index >= 15 is 0 Å². The van der Waals surface area contributed by atoms with Gasteiger partial charge in [-0.15, -0.1) is 0 Å². The molecule has 0 saturated heterocycles. The van der Waals surface area contributed by atoms with Crippen LogP contribution in [0.2, 0.25) is 0 Å². The van der Waals surface area contributed by atoms with Gasteiger partial charge in [0, 0.05) is 37.1 Å². The Kier molecular flexibility index (Phi) is 5.43. The van der Waals surface area contributed by atoms with Gasteiger partial charge in [-0.2, -0.15) is 0 Å². The zero-order valence-corrected chi connectivity index (χ0v) is 14.7. The minimum atomic E-state index is -0.589. The zero-order chi connectivity index (χ0) is 18.5. The lowest BCUT2D eigenvalue weighted by Crippen LogP contribution is -2.29. The number of nitrogens with zero attached hydrogens (tertiary/aromatic N) is 3. The number of carbonyl (C=O) groups is 1. The Labute approximate surface area is 153 Å². The Hall–Kier alpha value is -3.00. The third kappa shape index (κ3) is 4.15. The van der Waals surface area contributed by atoms with Crippen LogP contribution in [0, 0.1) is 5.82 Å². The van der Waals surface area contributed by atoms with Crippen LogP contribution in [-0.4, -0.2) is 20.4 Å². The van der Waals surface area contributed by atoms with Gasteiger partial charge in [-0.1, -0.05) is 17.8 Å². The highest BCUT2D eigenvalue weighted by molar-refractivity contribution is 7.98. The molecule has 0 saturated carbocycles. The Bertz CT molecular complexity index is 975. The molecule has 0 aliphatic rings. The molecule has 1 aromatic carbocycles. The summed E-state index contributed by atoms with van der Waals surface area (Å²) in [6, 6.07) is 9.06. The van der Waals surface area contributed by atoms with Crippen molar-refractivity contribution in [1.82, 2.24) is 14.5 Å². The molecule has 0 radical (unpaired) electrons. The summed E-state index contributed by atoms with van der Waals surface area (Å²) in [5, 5.41) is 3.05. The van der Waals surface area contributed by atoms with Crippen LogP contribution < -0.4 is 10.9 Å². The lowest BCUT2D eigenvalue weighted by atomic mass is 10.2. The third-order valence-corrected chi connectivity index (χ3v) is 4.68. The van der Waals surface area contributed by atoms with Crippen LogP contribution >= 0.6 is 11.8 Å². The lowest BCUT2D eigenvalue weighted by Gasteiger charge is -2.09. The molecule has 0 atom stereocenters. The van der Waals surface area contributed by atoms with Crippen molar-refractivity contribution in [2.24, 2.45) is 7.05 Å². The largest absolute Gasteiger partial charge is 0.322 e. The number of hydrogen-bond acceptors (Lipinski definition) is 5. The second-order valence-electron chi connectivity index (χ2n) is 5.43. The van der Waals surface area contributed by atoms with E-state index in [4.69, 9.17) is 0 Å². The smallest absolute Gasteiger partial charge is 0.266 e. The molecule has 6 nitrogen and oxygen atoms in total. The first-order valence-electron chi connectivity index (χ1n) is 7.69. The molecule has 8 heteroatoms. The van der Waals surface area contributed by atoms with E-state index in [1.54, 1.807) is 19.4 Å². The predicted octanol–water partition coefficient (Wildman–Crippen LogP) is 2.86. The molecule has 0 fully saturated rings. The summed E-state index contributed by atoms with van der Waals surface area (Å²) in [6.07, 6.45) is 4.69. The van der Waals surface area contributed by atoms with E-state index in [0.29, 0.717) is 16.6 Å². The highest BCUT2D eigenvalue weighted by Gasteiger charge is 2.15. The van der Waals surface area contributed by atoms with Gasteiger partial charge in [0.05, 0.1) is 0 Å². The summed E-state index contributed by atoms with van der Waals surface area (Å²) in [4.78, 5) is 33.0. The summed E-state index contributed by atoms with van der Waals surface area (Å²) in [5.41, 5.74) is 0.870. The minimum Gasteiger partial charge on any atom is -0.322 e. The second kappa shape index (κ2) is 7.92. The Morgan fingerprint density at radius 3 is 2.69 bits per heavy atom. The molecule has 3 rings (SSSR count). The van der Waals surface area contributed by atoms with Crippen molar-refractivity contribution in [1.29, 1.82) is 0 Å². The molecular formula is C18H15FN4O2S. The highest BCUT2D eigenvalue weighted by Crippen LogP contribution is 2.19. The number of anilines is 1. The monoisotopic (exact) mass is 370 g/mol. The number of carbonyl (C=O) groups excluding carboxylic acids is 1. The fourth-order valence-electron chi connectivity index (χ4n) is 2.18. The number of hydrogen-bond donors (Lipinski definition) is 1. The fraction of sp³-hybridized carbons (Fsp3) is 0.111. The summed E-state index contributed by atoms with van der Waals surface area (Å²) < 4.78 is 14.3. The highest BCUT2D eigenvalue weighted by atomic mass is 32.2. The fourth-order valence-corrected chi connectivity index (χ4v) is 3.05. The maximum Gasteiger partial charge on any atom is 0.266 e. The number of amides is 1. The summed E-state index contributed by atoms with van der Waals surface area (Å²) in [6.45, 7) is 0. The maximum absolute atomic E-state index is 12.9. The van der Waals surface area contributed by atoms with Crippen LogP contribution in [0.25, 0.3) is 0 Å². The van der Waals surface area contributed by atoms with Crippen molar-refractivity contribution in [2.45, 2.75) is 10.9 Å². The van der Waals surface area contributed by atoms with Gasteiger partial charge in [0.1, 0.15) is 11.4 Å². The number of benzene rings is 1. The van der Waals surface area contributed by atoms with Crippen LogP contribution in [0.3, 0.4) is 0 Å². The molecule has 0 unspecified atom stereocenters. The molecule has 0 aliphatic carbocycles. The third-order valence-electron chi connectivity index (χ3n) is 3.56. The predicted molar refractivity (Wildman–Crippen MR) is 97.6 cm³/mol. The minimum absolute atomic E-state index is 0.0810. The molecule has 26 heavy (non-hydrogen) atoms. The maximum atomic E-state index is 12.9. The average molecular weight is 370 g/mol. The molecule has 1 amide bonds. The SMILES string of the molecule is Cn1c(SCc2cccnc2)ncc(C(=O)Nc2ccc(F)cc2)c1=O. The quantitative estimate of drug-likeness (QED) is 0.552. The van der Waals surface area contributed by atoms with Crippen LogP contribution in [0.5, 0.6) is 0 Å². The van der Waals surface area contributed by atoms with Crippen molar-refractivity contribution in [3.8, 4) is 0 Å². The van der Waals surface area contributed by atoms with Crippen molar-refractivity contribution in [3.05, 3.63) is 82.3 Å². The number of halogens is 1. The number of pyridine rings is 1. The zero-order valence-electron chi connectivity index (χ0n) is 13.8. The number of aromatic nitrogens is 3. The van der Waals surface area contributed by atoms with Gasteiger partial charge in [0.2, 0.25) is 0 Å². The lowest BCUT2D eigenvalue weighted by molar-refractivity contribution is 0.102. The molecule has 0 aliphatic heterocycles. The van der Waals surface area contributed by atoms with Gasteiger partial charge in [0.15, 0.2) is 5.16 Å². The Morgan fingerprint density at radius 1 is 1.23 bits per heavy atom. The van der Waals surface area contributed by atoms with E-state index in [2.05, 4.69) is 15.3 Å². The van der Waals surface area contributed by atoms with E-state index in [0.717, 1.165) is 5.56 Å². The average Bonchev–Trinajstić information content (AvgIpc) is 2.65. The molecule has 1 N–H and O–H groups in total. The Morgan fingerprint density at radius 2 is 2.00 bits per heavy atom. The normalized spacial score (nSPS) is 10.5. The van der Waals surface area contributed by atoms with Gasteiger partial charge in [-0.3, -0.25) is 19.1 Å².